The quantitative estimate of drug-likeness (QED) is 0.784. The van der Waals surface area contributed by atoms with Gasteiger partial charge >= 0.3 is 0 Å². The Morgan fingerprint density at radius 3 is 2.60 bits per heavy atom. The van der Waals surface area contributed by atoms with E-state index in [9.17, 15) is 4.79 Å². The van der Waals surface area contributed by atoms with Crippen molar-refractivity contribution >= 4 is 23.3 Å². The van der Waals surface area contributed by atoms with Crippen molar-refractivity contribution in [2.75, 3.05) is 6.54 Å². The number of hydrogen-bond acceptors (Lipinski definition) is 3. The number of carbonyl (C=O) groups is 1. The lowest BCUT2D eigenvalue weighted by atomic mass is 10.2. The van der Waals surface area contributed by atoms with Gasteiger partial charge in [-0.3, -0.25) is 4.79 Å². The molecule has 1 amide bonds. The number of nitrogens with zero attached hydrogens (tertiary/aromatic N) is 2. The highest BCUT2D eigenvalue weighted by molar-refractivity contribution is 6.30. The zero-order valence-electron chi connectivity index (χ0n) is 7.98. The highest BCUT2D eigenvalue weighted by atomic mass is 35.5. The average molecular weight is 224 g/mol. The van der Waals surface area contributed by atoms with Crippen LogP contribution < -0.4 is 5.73 Å². The summed E-state index contributed by atoms with van der Waals surface area (Å²) in [5.74, 6) is 0.351. The van der Waals surface area contributed by atoms with Gasteiger partial charge in [-0.15, -0.1) is 0 Å². The van der Waals surface area contributed by atoms with Crippen LogP contribution in [0, 0.1) is 0 Å². The molecule has 2 N–H and O–H groups in total. The molecule has 0 unspecified atom stereocenters. The Morgan fingerprint density at radius 2 is 2.07 bits per heavy atom. The third-order valence-corrected chi connectivity index (χ3v) is 2.41. The first-order valence-corrected chi connectivity index (χ1v) is 4.95. The van der Waals surface area contributed by atoms with E-state index in [4.69, 9.17) is 17.3 Å². The Balaban J connectivity index is 2.18. The van der Waals surface area contributed by atoms with Crippen molar-refractivity contribution in [3.8, 4) is 0 Å². The first kappa shape index (κ1) is 9.98. The largest absolute Gasteiger partial charge is 0.386 e. The maximum Gasteiger partial charge on any atom is 0.274 e. The fourth-order valence-electron chi connectivity index (χ4n) is 1.36. The summed E-state index contributed by atoms with van der Waals surface area (Å²) < 4.78 is 0. The van der Waals surface area contributed by atoms with Crippen LogP contribution in [0.15, 0.2) is 29.4 Å². The molecule has 0 spiro atoms. The second-order valence-corrected chi connectivity index (χ2v) is 3.71. The maximum absolute atomic E-state index is 11.8. The SMILES string of the molecule is NC1=NN(C(=O)c2ccc(Cl)cc2)CC1. The van der Waals surface area contributed by atoms with Gasteiger partial charge in [-0.05, 0) is 24.3 Å². The Morgan fingerprint density at radius 1 is 1.40 bits per heavy atom. The summed E-state index contributed by atoms with van der Waals surface area (Å²) in [7, 11) is 0. The third kappa shape index (κ3) is 2.10. The second kappa shape index (κ2) is 3.90. The molecule has 2 rings (SSSR count). The van der Waals surface area contributed by atoms with E-state index >= 15 is 0 Å². The number of amidine groups is 1. The minimum atomic E-state index is -0.146. The molecule has 1 aromatic carbocycles. The molecule has 0 saturated carbocycles. The molecule has 0 fully saturated rings. The normalized spacial score (nSPS) is 15.3. The van der Waals surface area contributed by atoms with E-state index in [2.05, 4.69) is 5.10 Å². The fraction of sp³-hybridized carbons (Fsp3) is 0.200. The number of benzene rings is 1. The van der Waals surface area contributed by atoms with Gasteiger partial charge in [-0.25, -0.2) is 5.01 Å². The van der Waals surface area contributed by atoms with E-state index in [-0.39, 0.29) is 5.91 Å². The standard InChI is InChI=1S/C10H10ClN3O/c11-8-3-1-7(2-4-8)10(15)14-6-5-9(12)13-14/h1-4H,5-6H2,(H2,12,13). The van der Waals surface area contributed by atoms with E-state index in [1.165, 1.54) is 5.01 Å². The van der Waals surface area contributed by atoms with Crippen molar-refractivity contribution in [2.24, 2.45) is 10.8 Å². The zero-order valence-corrected chi connectivity index (χ0v) is 8.74. The van der Waals surface area contributed by atoms with Gasteiger partial charge in [-0.2, -0.15) is 5.10 Å². The molecule has 0 bridgehead atoms. The monoisotopic (exact) mass is 223 g/mol. The van der Waals surface area contributed by atoms with Gasteiger partial charge in [-0.1, -0.05) is 11.6 Å². The molecule has 1 heterocycles. The van der Waals surface area contributed by atoms with Gasteiger partial charge in [0.05, 0.1) is 6.54 Å². The summed E-state index contributed by atoms with van der Waals surface area (Å²) in [6.45, 7) is 0.549. The molecule has 0 saturated heterocycles. The minimum absolute atomic E-state index is 0.146. The Bertz CT molecular complexity index is 413. The van der Waals surface area contributed by atoms with Gasteiger partial charge in [0.2, 0.25) is 0 Å². The molecule has 0 aliphatic carbocycles. The van der Waals surface area contributed by atoms with Crippen molar-refractivity contribution in [1.82, 2.24) is 5.01 Å². The molecule has 1 aliphatic heterocycles. The number of rotatable bonds is 1. The summed E-state index contributed by atoms with van der Waals surface area (Å²) in [5, 5.41) is 5.91. The Kier molecular flexibility index (Phi) is 2.60. The van der Waals surface area contributed by atoms with Gasteiger partial charge < -0.3 is 5.73 Å². The summed E-state index contributed by atoms with van der Waals surface area (Å²) >= 11 is 5.73. The van der Waals surface area contributed by atoms with Crippen molar-refractivity contribution in [3.05, 3.63) is 34.9 Å². The van der Waals surface area contributed by atoms with Crippen LogP contribution in [0.25, 0.3) is 0 Å². The van der Waals surface area contributed by atoms with Crippen LogP contribution in [0.4, 0.5) is 0 Å². The number of carbonyl (C=O) groups excluding carboxylic acids is 1. The van der Waals surface area contributed by atoms with Crippen LogP contribution in [-0.4, -0.2) is 23.3 Å². The third-order valence-electron chi connectivity index (χ3n) is 2.15. The van der Waals surface area contributed by atoms with Crippen LogP contribution in [-0.2, 0) is 0 Å². The van der Waals surface area contributed by atoms with Crippen LogP contribution in [0.3, 0.4) is 0 Å². The van der Waals surface area contributed by atoms with E-state index < -0.39 is 0 Å². The molecule has 4 nitrogen and oxygen atoms in total. The maximum atomic E-state index is 11.8. The van der Waals surface area contributed by atoms with Gasteiger partial charge in [0.15, 0.2) is 0 Å². The van der Waals surface area contributed by atoms with E-state index in [0.717, 1.165) is 0 Å². The van der Waals surface area contributed by atoms with Crippen molar-refractivity contribution in [1.29, 1.82) is 0 Å². The highest BCUT2D eigenvalue weighted by Gasteiger charge is 2.19. The first-order chi connectivity index (χ1) is 7.16. The van der Waals surface area contributed by atoms with E-state index in [1.807, 2.05) is 0 Å². The Labute approximate surface area is 92.3 Å². The van der Waals surface area contributed by atoms with E-state index in [1.54, 1.807) is 24.3 Å². The topological polar surface area (TPSA) is 58.7 Å². The van der Waals surface area contributed by atoms with Gasteiger partial charge in [0, 0.05) is 17.0 Å². The number of hydrogen-bond donors (Lipinski definition) is 1. The number of halogens is 1. The molecule has 1 aliphatic rings. The average Bonchev–Trinajstić information content (AvgIpc) is 2.65. The first-order valence-electron chi connectivity index (χ1n) is 4.57. The fourth-order valence-corrected chi connectivity index (χ4v) is 1.49. The zero-order chi connectivity index (χ0) is 10.8. The molecule has 0 radical (unpaired) electrons. The van der Waals surface area contributed by atoms with Crippen LogP contribution in [0.2, 0.25) is 5.02 Å². The number of amides is 1. The van der Waals surface area contributed by atoms with Crippen LogP contribution in [0.5, 0.6) is 0 Å². The van der Waals surface area contributed by atoms with Gasteiger partial charge in [0.1, 0.15) is 5.84 Å². The lowest BCUT2D eigenvalue weighted by Crippen LogP contribution is -2.23. The Hall–Kier alpha value is -1.55. The molecule has 15 heavy (non-hydrogen) atoms. The molecular weight excluding hydrogens is 214 g/mol. The lowest BCUT2D eigenvalue weighted by Gasteiger charge is -2.10. The van der Waals surface area contributed by atoms with Crippen molar-refractivity contribution in [3.63, 3.8) is 0 Å². The smallest absolute Gasteiger partial charge is 0.274 e. The van der Waals surface area contributed by atoms with E-state index in [0.29, 0.717) is 29.4 Å². The predicted molar refractivity (Wildman–Crippen MR) is 58.7 cm³/mol. The van der Waals surface area contributed by atoms with Crippen molar-refractivity contribution < 1.29 is 4.79 Å². The second-order valence-electron chi connectivity index (χ2n) is 3.28. The summed E-state index contributed by atoms with van der Waals surface area (Å²) in [4.78, 5) is 11.8. The number of nitrogens with two attached hydrogens (primary N) is 1. The summed E-state index contributed by atoms with van der Waals surface area (Å²) in [6, 6.07) is 6.71. The lowest BCUT2D eigenvalue weighted by molar-refractivity contribution is 0.0778. The predicted octanol–water partition coefficient (Wildman–Crippen LogP) is 1.46. The molecule has 78 valence electrons. The van der Waals surface area contributed by atoms with Crippen LogP contribution >= 0.6 is 11.6 Å². The molecular formula is C10H10ClN3O. The summed E-state index contributed by atoms with van der Waals surface area (Å²) in [6.07, 6.45) is 0.638. The molecule has 1 aromatic rings. The molecule has 0 atom stereocenters. The summed E-state index contributed by atoms with van der Waals surface area (Å²) in [5.41, 5.74) is 6.07. The minimum Gasteiger partial charge on any atom is -0.386 e. The number of hydrazone groups is 1. The van der Waals surface area contributed by atoms with Crippen LogP contribution in [0.1, 0.15) is 16.8 Å². The highest BCUT2D eigenvalue weighted by Crippen LogP contribution is 2.13. The van der Waals surface area contributed by atoms with Crippen molar-refractivity contribution in [2.45, 2.75) is 6.42 Å². The molecule has 5 heteroatoms. The van der Waals surface area contributed by atoms with Gasteiger partial charge in [0.25, 0.3) is 5.91 Å². The molecule has 0 aromatic heterocycles.